The summed E-state index contributed by atoms with van der Waals surface area (Å²) < 4.78 is 2.08. The van der Waals surface area contributed by atoms with Gasteiger partial charge in [0.2, 0.25) is 5.91 Å². The second kappa shape index (κ2) is 7.74. The molecule has 0 unspecified atom stereocenters. The summed E-state index contributed by atoms with van der Waals surface area (Å²) in [5.74, 6) is 0.122. The number of aryl methyl sites for hydroxylation is 1. The van der Waals surface area contributed by atoms with Gasteiger partial charge in [-0.1, -0.05) is 6.07 Å². The first-order chi connectivity index (χ1) is 9.34. The third-order valence-electron chi connectivity index (χ3n) is 2.89. The Labute approximate surface area is 117 Å². The number of nitrogens with zero attached hydrogens (tertiary/aromatic N) is 2. The Balaban J connectivity index is 1.48. The van der Waals surface area contributed by atoms with E-state index in [1.54, 1.807) is 17.5 Å². The van der Waals surface area contributed by atoms with Gasteiger partial charge in [-0.25, -0.2) is 4.98 Å². The summed E-state index contributed by atoms with van der Waals surface area (Å²) in [5.41, 5.74) is 0. The van der Waals surface area contributed by atoms with Crippen LogP contribution >= 0.6 is 11.3 Å². The fraction of sp³-hybridized carbons (Fsp3) is 0.429. The average Bonchev–Trinajstić information content (AvgIpc) is 3.06. The summed E-state index contributed by atoms with van der Waals surface area (Å²) >= 11 is 1.63. The number of amides is 1. The van der Waals surface area contributed by atoms with E-state index < -0.39 is 0 Å². The van der Waals surface area contributed by atoms with Crippen molar-refractivity contribution in [2.75, 3.05) is 6.54 Å². The fourth-order valence-electron chi connectivity index (χ4n) is 1.88. The van der Waals surface area contributed by atoms with Crippen molar-refractivity contribution in [2.24, 2.45) is 0 Å². The zero-order valence-electron chi connectivity index (χ0n) is 10.9. The molecule has 0 aliphatic carbocycles. The normalized spacial score (nSPS) is 10.5. The van der Waals surface area contributed by atoms with Crippen LogP contribution in [-0.2, 0) is 17.8 Å². The number of aromatic nitrogens is 2. The molecule has 0 spiro atoms. The smallest absolute Gasteiger partial charge is 0.225 e. The largest absolute Gasteiger partial charge is 0.356 e. The Morgan fingerprint density at radius 1 is 1.37 bits per heavy atom. The molecule has 1 N–H and O–H groups in total. The number of carbonyl (C=O) groups is 1. The van der Waals surface area contributed by atoms with Crippen molar-refractivity contribution in [1.29, 1.82) is 0 Å². The molecule has 5 heteroatoms. The lowest BCUT2D eigenvalue weighted by Gasteiger charge is -2.05. The molecule has 2 heterocycles. The molecular weight excluding hydrogens is 258 g/mol. The van der Waals surface area contributed by atoms with Gasteiger partial charge >= 0.3 is 0 Å². The maximum Gasteiger partial charge on any atom is 0.225 e. The maximum absolute atomic E-state index is 11.6. The first-order valence-electron chi connectivity index (χ1n) is 6.59. The molecule has 0 aliphatic rings. The first kappa shape index (κ1) is 13.8. The van der Waals surface area contributed by atoms with Crippen LogP contribution in [-0.4, -0.2) is 22.0 Å². The molecule has 2 aromatic rings. The number of nitrogens with one attached hydrogen (secondary N) is 1. The van der Waals surface area contributed by atoms with E-state index in [9.17, 15) is 4.79 Å². The van der Waals surface area contributed by atoms with Crippen molar-refractivity contribution in [3.63, 3.8) is 0 Å². The van der Waals surface area contributed by atoms with E-state index >= 15 is 0 Å². The van der Waals surface area contributed by atoms with Gasteiger partial charge in [-0.15, -0.1) is 11.3 Å². The Morgan fingerprint density at radius 2 is 2.32 bits per heavy atom. The van der Waals surface area contributed by atoms with Crippen LogP contribution in [0.5, 0.6) is 0 Å². The van der Waals surface area contributed by atoms with Crippen molar-refractivity contribution in [1.82, 2.24) is 14.9 Å². The average molecular weight is 277 g/mol. The Bertz CT molecular complexity index is 465. The van der Waals surface area contributed by atoms with E-state index in [1.807, 2.05) is 30.0 Å². The van der Waals surface area contributed by atoms with Gasteiger partial charge < -0.3 is 9.88 Å². The molecule has 0 radical (unpaired) electrons. The number of thiophene rings is 1. The second-order valence-corrected chi connectivity index (χ2v) is 5.50. The maximum atomic E-state index is 11.6. The molecule has 0 saturated heterocycles. The van der Waals surface area contributed by atoms with Crippen LogP contribution < -0.4 is 5.32 Å². The fourth-order valence-corrected chi connectivity index (χ4v) is 2.58. The van der Waals surface area contributed by atoms with Gasteiger partial charge in [-0.2, -0.15) is 0 Å². The van der Waals surface area contributed by atoms with Crippen molar-refractivity contribution < 1.29 is 4.79 Å². The summed E-state index contributed by atoms with van der Waals surface area (Å²) in [4.78, 5) is 16.7. The molecule has 0 atom stereocenters. The lowest BCUT2D eigenvalue weighted by Crippen LogP contribution is -2.25. The minimum atomic E-state index is 0.122. The lowest BCUT2D eigenvalue weighted by atomic mass is 10.2. The summed E-state index contributed by atoms with van der Waals surface area (Å²) in [6.07, 6.45) is 9.39. The molecule has 4 nitrogen and oxygen atoms in total. The summed E-state index contributed by atoms with van der Waals surface area (Å²) in [5, 5.41) is 4.96. The number of rotatable bonds is 8. The van der Waals surface area contributed by atoms with Gasteiger partial charge in [0.05, 0.1) is 12.7 Å². The first-order valence-corrected chi connectivity index (χ1v) is 7.47. The Morgan fingerprint density at radius 3 is 3.05 bits per heavy atom. The van der Waals surface area contributed by atoms with Crippen LogP contribution in [0.2, 0.25) is 0 Å². The summed E-state index contributed by atoms with van der Waals surface area (Å²) in [6.45, 7) is 1.78. The van der Waals surface area contributed by atoms with Gasteiger partial charge in [0.25, 0.3) is 0 Å². The van der Waals surface area contributed by atoms with Crippen LogP contribution in [0.25, 0.3) is 0 Å². The van der Waals surface area contributed by atoms with E-state index in [1.165, 1.54) is 0 Å². The lowest BCUT2D eigenvalue weighted by molar-refractivity contribution is -0.120. The van der Waals surface area contributed by atoms with Gasteiger partial charge in [-0.3, -0.25) is 4.79 Å². The summed E-state index contributed by atoms with van der Waals surface area (Å²) in [7, 11) is 0. The van der Waals surface area contributed by atoms with Crippen molar-refractivity contribution in [3.8, 4) is 0 Å². The van der Waals surface area contributed by atoms with Crippen LogP contribution in [0.4, 0.5) is 0 Å². The van der Waals surface area contributed by atoms with E-state index in [2.05, 4.69) is 14.9 Å². The highest BCUT2D eigenvalue weighted by atomic mass is 32.1. The van der Waals surface area contributed by atoms with Gasteiger partial charge in [0.15, 0.2) is 0 Å². The molecule has 0 aliphatic heterocycles. The molecule has 2 aromatic heterocycles. The monoisotopic (exact) mass is 277 g/mol. The van der Waals surface area contributed by atoms with Crippen molar-refractivity contribution in [2.45, 2.75) is 32.2 Å². The van der Waals surface area contributed by atoms with E-state index in [4.69, 9.17) is 0 Å². The molecule has 0 saturated carbocycles. The van der Waals surface area contributed by atoms with E-state index in [0.29, 0.717) is 6.42 Å². The molecule has 0 aromatic carbocycles. The van der Waals surface area contributed by atoms with E-state index in [0.717, 1.165) is 37.2 Å². The van der Waals surface area contributed by atoms with Gasteiger partial charge in [0.1, 0.15) is 0 Å². The third kappa shape index (κ3) is 5.26. The van der Waals surface area contributed by atoms with Gasteiger partial charge in [0, 0.05) is 30.4 Å². The predicted octanol–water partition coefficient (Wildman–Crippen LogP) is 2.47. The van der Waals surface area contributed by atoms with Crippen LogP contribution in [0.1, 0.15) is 24.1 Å². The van der Waals surface area contributed by atoms with Crippen LogP contribution in [0, 0.1) is 0 Å². The quantitative estimate of drug-likeness (QED) is 0.754. The molecular formula is C14H19N3OS. The Kier molecular flexibility index (Phi) is 5.62. The minimum absolute atomic E-state index is 0.122. The number of unbranched alkanes of at least 4 members (excludes halogenated alkanes) is 2. The van der Waals surface area contributed by atoms with Crippen LogP contribution in [0.3, 0.4) is 0 Å². The minimum Gasteiger partial charge on any atom is -0.356 e. The molecule has 2 rings (SSSR count). The molecule has 1 amide bonds. The predicted molar refractivity (Wildman–Crippen MR) is 77.1 cm³/mol. The zero-order valence-corrected chi connectivity index (χ0v) is 11.7. The van der Waals surface area contributed by atoms with Crippen molar-refractivity contribution in [3.05, 3.63) is 41.1 Å². The van der Waals surface area contributed by atoms with Gasteiger partial charge in [-0.05, 0) is 30.7 Å². The zero-order chi connectivity index (χ0) is 13.3. The third-order valence-corrected chi connectivity index (χ3v) is 3.77. The molecule has 102 valence electrons. The number of imidazole rings is 1. The highest BCUT2D eigenvalue weighted by molar-refractivity contribution is 7.10. The second-order valence-electron chi connectivity index (χ2n) is 4.47. The topological polar surface area (TPSA) is 46.9 Å². The highest BCUT2D eigenvalue weighted by Gasteiger charge is 2.02. The molecule has 0 bridgehead atoms. The standard InChI is InChI=1S/C14H19N3OS/c18-14(11-13-5-4-10-19-13)16-6-2-1-3-8-17-9-7-15-12-17/h4-5,7,9-10,12H,1-3,6,8,11H2,(H,16,18). The highest BCUT2D eigenvalue weighted by Crippen LogP contribution is 2.08. The number of carbonyl (C=O) groups excluding carboxylic acids is 1. The number of hydrogen-bond donors (Lipinski definition) is 1. The Hall–Kier alpha value is -1.62. The van der Waals surface area contributed by atoms with E-state index in [-0.39, 0.29) is 5.91 Å². The SMILES string of the molecule is O=C(Cc1cccs1)NCCCCCn1ccnc1. The molecule has 0 fully saturated rings. The number of hydrogen-bond acceptors (Lipinski definition) is 3. The van der Waals surface area contributed by atoms with Crippen molar-refractivity contribution >= 4 is 17.2 Å². The van der Waals surface area contributed by atoms with Crippen LogP contribution in [0.15, 0.2) is 36.2 Å². The molecule has 19 heavy (non-hydrogen) atoms. The summed E-state index contributed by atoms with van der Waals surface area (Å²) in [6, 6.07) is 3.97.